The summed E-state index contributed by atoms with van der Waals surface area (Å²) < 4.78 is 39.0. The van der Waals surface area contributed by atoms with Crippen molar-refractivity contribution >= 4 is 19.1 Å². The van der Waals surface area contributed by atoms with E-state index in [1.165, 1.54) is 6.20 Å². The van der Waals surface area contributed by atoms with Crippen LogP contribution in [0.1, 0.15) is 66.0 Å². The predicted molar refractivity (Wildman–Crippen MR) is 121 cm³/mol. The molecule has 0 saturated carbocycles. The van der Waals surface area contributed by atoms with Crippen molar-refractivity contribution in [2.24, 2.45) is 0 Å². The molecule has 3 heterocycles. The Bertz CT molecular complexity index is 986. The summed E-state index contributed by atoms with van der Waals surface area (Å²) in [6.07, 6.45) is -5.39. The molecule has 194 valence electrons. The van der Waals surface area contributed by atoms with Crippen LogP contribution in [-0.4, -0.2) is 65.4 Å². The Morgan fingerprint density at radius 2 is 1.79 bits per heavy atom. The van der Waals surface area contributed by atoms with Gasteiger partial charge in [0.25, 0.3) is 0 Å². The normalized spacial score (nSPS) is 28.8. The third-order valence-corrected chi connectivity index (χ3v) is 9.27. The molecule has 0 aromatic carbocycles. The van der Waals surface area contributed by atoms with Crippen LogP contribution in [0, 0.1) is 0 Å². The average Bonchev–Trinajstić information content (AvgIpc) is 3.29. The summed E-state index contributed by atoms with van der Waals surface area (Å²) in [5.74, 6) is 0.0146. The summed E-state index contributed by atoms with van der Waals surface area (Å²) in [7, 11) is -4.52. The minimum absolute atomic E-state index is 0.000995. The lowest BCUT2D eigenvalue weighted by atomic mass is 9.88. The van der Waals surface area contributed by atoms with Gasteiger partial charge in [-0.1, -0.05) is 27.7 Å². The van der Waals surface area contributed by atoms with Crippen molar-refractivity contribution in [1.82, 2.24) is 9.55 Å². The number of aliphatic hydroxyl groups excluding tert-OH is 2. The van der Waals surface area contributed by atoms with Crippen LogP contribution in [0.5, 0.6) is 0 Å². The second-order valence-corrected chi connectivity index (χ2v) is 10.8. The van der Waals surface area contributed by atoms with Crippen LogP contribution in [0.3, 0.4) is 0 Å². The topological polar surface area (TPSA) is 175 Å². The van der Waals surface area contributed by atoms with Crippen molar-refractivity contribution in [3.63, 3.8) is 0 Å². The van der Waals surface area contributed by atoms with Gasteiger partial charge in [0.15, 0.2) is 17.4 Å². The zero-order valence-corrected chi connectivity index (χ0v) is 20.5. The molecule has 0 radical (unpaired) electrons. The monoisotopic (exact) mass is 508 g/mol. The SMILES string of the molecule is CCC(CC)(CC1OC(n2cc3c(nc2=O)NC(F)N3)C(O)C1O)OP(=O)(O)C(O)(CC)CC. The molecule has 12 nitrogen and oxygen atoms in total. The molecule has 1 fully saturated rings. The molecule has 2 aliphatic rings. The molecule has 0 aliphatic carbocycles. The van der Waals surface area contributed by atoms with Gasteiger partial charge < -0.3 is 35.6 Å². The molecule has 34 heavy (non-hydrogen) atoms. The number of hydrogen-bond donors (Lipinski definition) is 6. The fraction of sp³-hybridized carbons (Fsp3) is 0.800. The zero-order chi connectivity index (χ0) is 25.5. The third-order valence-electron chi connectivity index (χ3n) is 6.95. The van der Waals surface area contributed by atoms with E-state index in [0.717, 1.165) is 4.57 Å². The lowest BCUT2D eigenvalue weighted by molar-refractivity contribution is -0.0781. The highest BCUT2D eigenvalue weighted by molar-refractivity contribution is 7.54. The van der Waals surface area contributed by atoms with Gasteiger partial charge in [-0.2, -0.15) is 9.37 Å². The summed E-state index contributed by atoms with van der Waals surface area (Å²) in [4.78, 5) is 26.8. The first-order valence-corrected chi connectivity index (χ1v) is 13.0. The molecule has 1 saturated heterocycles. The first-order chi connectivity index (χ1) is 15.9. The van der Waals surface area contributed by atoms with E-state index >= 15 is 0 Å². The molecular formula is C20H34FN4O8P. The molecule has 1 aromatic rings. The van der Waals surface area contributed by atoms with E-state index in [2.05, 4.69) is 15.6 Å². The zero-order valence-electron chi connectivity index (χ0n) is 19.6. The molecular weight excluding hydrogens is 474 g/mol. The molecule has 14 heteroatoms. The summed E-state index contributed by atoms with van der Waals surface area (Å²) >= 11 is 0. The van der Waals surface area contributed by atoms with E-state index in [1.807, 2.05) is 0 Å². The number of anilines is 2. The molecule has 0 bridgehead atoms. The van der Waals surface area contributed by atoms with Crippen LogP contribution in [0.25, 0.3) is 0 Å². The minimum atomic E-state index is -4.52. The number of hydrogen-bond acceptors (Lipinski definition) is 10. The van der Waals surface area contributed by atoms with Gasteiger partial charge in [-0.3, -0.25) is 13.7 Å². The molecule has 0 spiro atoms. The Morgan fingerprint density at radius 1 is 1.18 bits per heavy atom. The van der Waals surface area contributed by atoms with E-state index in [4.69, 9.17) is 9.26 Å². The van der Waals surface area contributed by atoms with E-state index < -0.39 is 55.2 Å². The van der Waals surface area contributed by atoms with Gasteiger partial charge in [0.2, 0.25) is 6.42 Å². The van der Waals surface area contributed by atoms with Gasteiger partial charge in [0.1, 0.15) is 12.2 Å². The number of aliphatic hydroxyl groups is 3. The summed E-state index contributed by atoms with van der Waals surface area (Å²) in [5.41, 5.74) is -1.92. The number of alkyl halides is 1. The summed E-state index contributed by atoms with van der Waals surface area (Å²) in [5, 5.41) is 34.8. The summed E-state index contributed by atoms with van der Waals surface area (Å²) in [6, 6.07) is 0. The Balaban J connectivity index is 1.85. The first-order valence-electron chi connectivity index (χ1n) is 11.4. The standard InChI is InChI=1S/C20H34FN4O8P/c1-5-19(6-2,33-34(30,31)20(29,7-3)8-4)9-12-13(26)14(27)16(32-12)25-10-11-15(24-18(25)28)23-17(21)22-11/h10,12-14,16-17,22,26-27,29H,5-9H2,1-4H3,(H,30,31)(H,23,24,28). The van der Waals surface area contributed by atoms with Gasteiger partial charge >= 0.3 is 13.3 Å². The van der Waals surface area contributed by atoms with Gasteiger partial charge in [0.05, 0.1) is 17.4 Å². The third kappa shape index (κ3) is 4.75. The van der Waals surface area contributed by atoms with Crippen LogP contribution in [0.2, 0.25) is 0 Å². The number of rotatable bonds is 10. The fourth-order valence-corrected chi connectivity index (χ4v) is 6.18. The maximum Gasteiger partial charge on any atom is 0.359 e. The molecule has 3 rings (SSSR count). The molecule has 1 aromatic heterocycles. The Labute approximate surface area is 196 Å². The van der Waals surface area contributed by atoms with Crippen molar-refractivity contribution in [1.29, 1.82) is 0 Å². The molecule has 2 aliphatic heterocycles. The predicted octanol–water partition coefficient (Wildman–Crippen LogP) is 1.61. The minimum Gasteiger partial charge on any atom is -0.388 e. The van der Waals surface area contributed by atoms with Crippen LogP contribution < -0.4 is 16.3 Å². The van der Waals surface area contributed by atoms with Crippen molar-refractivity contribution in [3.05, 3.63) is 16.7 Å². The largest absolute Gasteiger partial charge is 0.388 e. The highest BCUT2D eigenvalue weighted by atomic mass is 31.2. The van der Waals surface area contributed by atoms with E-state index in [9.17, 15) is 34.0 Å². The maximum atomic E-state index is 13.5. The van der Waals surface area contributed by atoms with Gasteiger partial charge in [-0.05, 0) is 25.7 Å². The molecule has 6 N–H and O–H groups in total. The number of aromatic nitrogens is 2. The van der Waals surface area contributed by atoms with E-state index in [0.29, 0.717) is 0 Å². The Morgan fingerprint density at radius 3 is 2.35 bits per heavy atom. The van der Waals surface area contributed by atoms with Crippen LogP contribution in [-0.2, 0) is 13.8 Å². The smallest absolute Gasteiger partial charge is 0.359 e. The lowest BCUT2D eigenvalue weighted by Crippen LogP contribution is -2.42. The van der Waals surface area contributed by atoms with Gasteiger partial charge in [-0.25, -0.2) is 4.79 Å². The first kappa shape index (κ1) is 27.0. The maximum absolute atomic E-state index is 13.5. The fourth-order valence-electron chi connectivity index (χ4n) is 4.36. The van der Waals surface area contributed by atoms with Gasteiger partial charge in [0, 0.05) is 12.6 Å². The summed E-state index contributed by atoms with van der Waals surface area (Å²) in [6.45, 7) is 6.63. The van der Waals surface area contributed by atoms with Crippen LogP contribution >= 0.6 is 7.60 Å². The number of fused-ring (bicyclic) bond motifs is 1. The van der Waals surface area contributed by atoms with Crippen molar-refractivity contribution in [2.75, 3.05) is 10.6 Å². The van der Waals surface area contributed by atoms with Crippen molar-refractivity contribution < 1.29 is 38.4 Å². The highest BCUT2D eigenvalue weighted by Gasteiger charge is 2.52. The lowest BCUT2D eigenvalue weighted by Gasteiger charge is -2.40. The van der Waals surface area contributed by atoms with Crippen LogP contribution in [0.15, 0.2) is 11.0 Å². The second kappa shape index (κ2) is 9.81. The number of nitrogens with zero attached hydrogens (tertiary/aromatic N) is 2. The van der Waals surface area contributed by atoms with Gasteiger partial charge in [-0.15, -0.1) is 0 Å². The average molecular weight is 508 g/mol. The van der Waals surface area contributed by atoms with Crippen molar-refractivity contribution in [2.45, 2.75) is 102 Å². The number of ether oxygens (including phenoxy) is 1. The number of nitrogens with one attached hydrogen (secondary N) is 2. The Kier molecular flexibility index (Phi) is 7.79. The molecule has 6 atom stereocenters. The molecule has 6 unspecified atom stereocenters. The van der Waals surface area contributed by atoms with Crippen molar-refractivity contribution in [3.8, 4) is 0 Å². The van der Waals surface area contributed by atoms with Crippen LogP contribution in [0.4, 0.5) is 15.9 Å². The Hall–Kier alpha value is -1.60. The quantitative estimate of drug-likeness (QED) is 0.200. The molecule has 0 amide bonds. The second-order valence-electron chi connectivity index (χ2n) is 8.79. The van der Waals surface area contributed by atoms with E-state index in [1.54, 1.807) is 27.7 Å². The highest BCUT2D eigenvalue weighted by Crippen LogP contribution is 2.61. The number of halogens is 1. The van der Waals surface area contributed by atoms with E-state index in [-0.39, 0.29) is 43.6 Å².